The fraction of sp³-hybridized carbons (Fsp3) is 0.120. The molecule has 3 N–H and O–H groups in total. The summed E-state index contributed by atoms with van der Waals surface area (Å²) in [4.78, 5) is 41.8. The first-order valence-electron chi connectivity index (χ1n) is 10.6. The summed E-state index contributed by atoms with van der Waals surface area (Å²) in [7, 11) is 2.36. The van der Waals surface area contributed by atoms with Crippen molar-refractivity contribution >= 4 is 47.2 Å². The van der Waals surface area contributed by atoms with Gasteiger partial charge in [0.1, 0.15) is 5.75 Å². The Hall–Kier alpha value is -4.51. The second kappa shape index (κ2) is 13.4. The maximum absolute atomic E-state index is 12.6. The lowest BCUT2D eigenvalue weighted by molar-refractivity contribution is -0.118. The Balaban J connectivity index is 1.85. The number of carbonyl (C=O) groups excluding carboxylic acids is 3. The molecule has 0 atom stereocenters. The number of alkyl carbamates (subject to hydrolysis) is 2. The lowest BCUT2D eigenvalue weighted by Crippen LogP contribution is -2.43. The van der Waals surface area contributed by atoms with Gasteiger partial charge in [-0.15, -0.1) is 0 Å². The highest BCUT2D eigenvalue weighted by molar-refractivity contribution is 7.99. The summed E-state index contributed by atoms with van der Waals surface area (Å²) in [5.74, 6) is 0.0442. The number of nitrogens with one attached hydrogen (secondary N) is 3. The van der Waals surface area contributed by atoms with Gasteiger partial charge in [0.05, 0.1) is 25.6 Å². The number of benzene rings is 3. The molecule has 186 valence electrons. The second-order valence-corrected chi connectivity index (χ2v) is 8.05. The van der Waals surface area contributed by atoms with Crippen LogP contribution in [0.1, 0.15) is 0 Å². The third-order valence-corrected chi connectivity index (χ3v) is 5.44. The molecule has 3 aromatic rings. The number of anilines is 1. The van der Waals surface area contributed by atoms with Gasteiger partial charge in [-0.2, -0.15) is 0 Å². The summed E-state index contributed by atoms with van der Waals surface area (Å²) in [5, 5.41) is 7.48. The van der Waals surface area contributed by atoms with Gasteiger partial charge in [-0.05, 0) is 42.5 Å². The molecule has 0 aromatic heterocycles. The highest BCUT2D eigenvalue weighted by atomic mass is 32.2. The SMILES string of the molecule is COC(=O)NC(=Nc1ccc(NC(=O)COc2ccccc2)c(Sc2ccccc2)c1)NC(=O)OC. The first-order valence-corrected chi connectivity index (χ1v) is 11.4. The quantitative estimate of drug-likeness (QED) is 0.315. The first kappa shape index (κ1) is 26.1. The Bertz CT molecular complexity index is 1200. The van der Waals surface area contributed by atoms with Crippen LogP contribution in [0.25, 0.3) is 0 Å². The highest BCUT2D eigenvalue weighted by Crippen LogP contribution is 2.36. The average Bonchev–Trinajstić information content (AvgIpc) is 2.90. The van der Waals surface area contributed by atoms with Crippen LogP contribution in [0.5, 0.6) is 5.75 Å². The molecule has 3 aromatic carbocycles. The molecular weight excluding hydrogens is 484 g/mol. The zero-order chi connectivity index (χ0) is 25.8. The molecule has 0 bridgehead atoms. The third kappa shape index (κ3) is 8.37. The van der Waals surface area contributed by atoms with Crippen molar-refractivity contribution < 1.29 is 28.6 Å². The number of para-hydroxylation sites is 1. The number of methoxy groups -OCH3 is 2. The fourth-order valence-electron chi connectivity index (χ4n) is 2.75. The predicted molar refractivity (Wildman–Crippen MR) is 136 cm³/mol. The topological polar surface area (TPSA) is 127 Å². The Morgan fingerprint density at radius 2 is 1.44 bits per heavy atom. The minimum atomic E-state index is -0.827. The number of nitrogens with zero attached hydrogens (tertiary/aromatic N) is 1. The summed E-state index contributed by atoms with van der Waals surface area (Å²) in [6.45, 7) is -0.171. The Morgan fingerprint density at radius 1 is 0.833 bits per heavy atom. The van der Waals surface area contributed by atoms with E-state index in [1.54, 1.807) is 30.3 Å². The maximum Gasteiger partial charge on any atom is 0.413 e. The van der Waals surface area contributed by atoms with Gasteiger partial charge in [-0.1, -0.05) is 48.2 Å². The summed E-state index contributed by atoms with van der Waals surface area (Å²) in [6.07, 6.45) is -1.65. The van der Waals surface area contributed by atoms with Crippen LogP contribution in [0, 0.1) is 0 Å². The van der Waals surface area contributed by atoms with Crippen molar-refractivity contribution in [2.45, 2.75) is 9.79 Å². The molecule has 0 aliphatic carbocycles. The normalized spacial score (nSPS) is 9.94. The molecule has 3 rings (SSSR count). The standard InChI is InChI=1S/C25H24N4O6S/c1-33-24(31)28-23(29-25(32)34-2)26-17-13-14-20(21(15-17)36-19-11-7-4-8-12-19)27-22(30)16-35-18-9-5-3-6-10-18/h3-15H,16H2,1-2H3,(H,27,30)(H2,26,28,29,31,32). The maximum atomic E-state index is 12.6. The number of amides is 3. The summed E-state index contributed by atoms with van der Waals surface area (Å²) in [6, 6.07) is 23.5. The van der Waals surface area contributed by atoms with E-state index in [0.29, 0.717) is 22.0 Å². The van der Waals surface area contributed by atoms with Gasteiger partial charge in [0, 0.05) is 9.79 Å². The smallest absolute Gasteiger partial charge is 0.413 e. The molecule has 36 heavy (non-hydrogen) atoms. The molecule has 0 radical (unpaired) electrons. The van der Waals surface area contributed by atoms with Gasteiger partial charge >= 0.3 is 12.2 Å². The second-order valence-electron chi connectivity index (χ2n) is 6.94. The van der Waals surface area contributed by atoms with Crippen molar-refractivity contribution in [3.63, 3.8) is 0 Å². The molecule has 0 spiro atoms. The number of aliphatic imine (C=N–C) groups is 1. The van der Waals surface area contributed by atoms with E-state index in [-0.39, 0.29) is 18.5 Å². The minimum absolute atomic E-state index is 0.171. The number of ether oxygens (including phenoxy) is 3. The van der Waals surface area contributed by atoms with Gasteiger partial charge in [-0.3, -0.25) is 15.4 Å². The van der Waals surface area contributed by atoms with Crippen LogP contribution in [0.3, 0.4) is 0 Å². The van der Waals surface area contributed by atoms with Crippen LogP contribution in [-0.4, -0.2) is 44.9 Å². The molecule has 3 amide bonds. The molecule has 0 saturated heterocycles. The van der Waals surface area contributed by atoms with Crippen molar-refractivity contribution in [2.75, 3.05) is 26.1 Å². The van der Waals surface area contributed by atoms with Crippen LogP contribution in [0.2, 0.25) is 0 Å². The van der Waals surface area contributed by atoms with Gasteiger partial charge < -0.3 is 19.5 Å². The van der Waals surface area contributed by atoms with Crippen molar-refractivity contribution in [1.82, 2.24) is 10.6 Å². The Kier molecular flexibility index (Phi) is 9.71. The molecular formula is C25H24N4O6S. The van der Waals surface area contributed by atoms with E-state index in [9.17, 15) is 14.4 Å². The summed E-state index contributed by atoms with van der Waals surface area (Å²) in [5.41, 5.74) is 0.919. The minimum Gasteiger partial charge on any atom is -0.484 e. The number of hydrogen-bond donors (Lipinski definition) is 3. The summed E-state index contributed by atoms with van der Waals surface area (Å²) < 4.78 is 14.7. The number of rotatable bonds is 7. The predicted octanol–water partition coefficient (Wildman–Crippen LogP) is 4.55. The largest absolute Gasteiger partial charge is 0.484 e. The first-order chi connectivity index (χ1) is 17.5. The molecule has 11 heteroatoms. The van der Waals surface area contributed by atoms with Crippen molar-refractivity contribution in [1.29, 1.82) is 0 Å². The highest BCUT2D eigenvalue weighted by Gasteiger charge is 2.13. The Morgan fingerprint density at radius 3 is 2.06 bits per heavy atom. The van der Waals surface area contributed by atoms with Crippen LogP contribution in [0.4, 0.5) is 21.0 Å². The van der Waals surface area contributed by atoms with Gasteiger partial charge in [0.15, 0.2) is 6.61 Å². The number of guanidine groups is 1. The molecule has 0 fully saturated rings. The van der Waals surface area contributed by atoms with E-state index in [1.165, 1.54) is 26.0 Å². The van der Waals surface area contributed by atoms with E-state index in [0.717, 1.165) is 4.90 Å². The third-order valence-electron chi connectivity index (χ3n) is 4.38. The van der Waals surface area contributed by atoms with Gasteiger partial charge in [0.2, 0.25) is 5.96 Å². The van der Waals surface area contributed by atoms with Crippen LogP contribution < -0.4 is 20.7 Å². The van der Waals surface area contributed by atoms with Crippen molar-refractivity contribution in [3.8, 4) is 5.75 Å². The molecule has 0 aliphatic rings. The number of hydrogen-bond acceptors (Lipinski definition) is 8. The van der Waals surface area contributed by atoms with Crippen LogP contribution in [0.15, 0.2) is 93.6 Å². The average molecular weight is 509 g/mol. The van der Waals surface area contributed by atoms with E-state index < -0.39 is 12.2 Å². The molecule has 10 nitrogen and oxygen atoms in total. The monoisotopic (exact) mass is 508 g/mol. The lowest BCUT2D eigenvalue weighted by atomic mass is 10.2. The zero-order valence-corrected chi connectivity index (χ0v) is 20.3. The Labute approximate surface area is 212 Å². The lowest BCUT2D eigenvalue weighted by Gasteiger charge is -2.13. The molecule has 0 aliphatic heterocycles. The van der Waals surface area contributed by atoms with Crippen LogP contribution >= 0.6 is 11.8 Å². The fourth-order valence-corrected chi connectivity index (χ4v) is 3.70. The number of carbonyl (C=O) groups is 3. The summed E-state index contributed by atoms with van der Waals surface area (Å²) >= 11 is 1.40. The van der Waals surface area contributed by atoms with Gasteiger partial charge in [0.25, 0.3) is 5.91 Å². The van der Waals surface area contributed by atoms with Crippen molar-refractivity contribution in [2.24, 2.45) is 4.99 Å². The van der Waals surface area contributed by atoms with E-state index >= 15 is 0 Å². The van der Waals surface area contributed by atoms with E-state index in [2.05, 4.69) is 30.4 Å². The molecule has 0 heterocycles. The van der Waals surface area contributed by atoms with E-state index in [4.69, 9.17) is 4.74 Å². The van der Waals surface area contributed by atoms with Gasteiger partial charge in [-0.25, -0.2) is 14.6 Å². The zero-order valence-electron chi connectivity index (χ0n) is 19.5. The van der Waals surface area contributed by atoms with E-state index in [1.807, 2.05) is 48.5 Å². The van der Waals surface area contributed by atoms with Crippen molar-refractivity contribution in [3.05, 3.63) is 78.9 Å². The molecule has 0 saturated carbocycles. The van der Waals surface area contributed by atoms with Crippen LogP contribution in [-0.2, 0) is 14.3 Å². The molecule has 0 unspecified atom stereocenters.